The Labute approximate surface area is 108 Å². The van der Waals surface area contributed by atoms with Crippen molar-refractivity contribution >= 4 is 15.9 Å². The molecule has 1 saturated heterocycles. The van der Waals surface area contributed by atoms with Crippen LogP contribution in [0.1, 0.15) is 33.1 Å². The van der Waals surface area contributed by atoms with E-state index in [1.54, 1.807) is 5.57 Å². The minimum Gasteiger partial charge on any atom is -0.314 e. The average Bonchev–Trinajstić information content (AvgIpc) is 2.23. The molecule has 0 aromatic carbocycles. The van der Waals surface area contributed by atoms with Gasteiger partial charge in [-0.25, -0.2) is 0 Å². The van der Waals surface area contributed by atoms with Crippen LogP contribution in [0.2, 0.25) is 0 Å². The van der Waals surface area contributed by atoms with Crippen molar-refractivity contribution in [1.82, 2.24) is 10.2 Å². The predicted octanol–water partition coefficient (Wildman–Crippen LogP) is 2.75. The zero-order valence-electron chi connectivity index (χ0n) is 10.5. The largest absolute Gasteiger partial charge is 0.314 e. The van der Waals surface area contributed by atoms with Gasteiger partial charge in [-0.2, -0.15) is 0 Å². The lowest BCUT2D eigenvalue weighted by molar-refractivity contribution is 0.246. The number of allylic oxidation sites excluding steroid dienone is 1. The molecule has 0 aromatic rings. The van der Waals surface area contributed by atoms with Gasteiger partial charge in [-0.3, -0.25) is 4.90 Å². The van der Waals surface area contributed by atoms with Gasteiger partial charge in [-0.15, -0.1) is 0 Å². The molecule has 1 aliphatic heterocycles. The van der Waals surface area contributed by atoms with Crippen molar-refractivity contribution in [2.75, 3.05) is 32.7 Å². The van der Waals surface area contributed by atoms with E-state index in [4.69, 9.17) is 0 Å². The topological polar surface area (TPSA) is 15.3 Å². The standard InChI is InChI=1S/C13H23BrN2/c1-13(2)4-3-11(12(14)9-13)10-16-7-5-15-6-8-16/h15H,3-10H2,1-2H3. The van der Waals surface area contributed by atoms with Crippen LogP contribution in [0.5, 0.6) is 0 Å². The van der Waals surface area contributed by atoms with Crippen molar-refractivity contribution in [3.8, 4) is 0 Å². The predicted molar refractivity (Wildman–Crippen MR) is 72.9 cm³/mol. The van der Waals surface area contributed by atoms with Gasteiger partial charge in [-0.05, 0) is 34.7 Å². The molecule has 1 fully saturated rings. The minimum absolute atomic E-state index is 0.492. The average molecular weight is 287 g/mol. The van der Waals surface area contributed by atoms with Crippen molar-refractivity contribution in [2.24, 2.45) is 5.41 Å². The van der Waals surface area contributed by atoms with E-state index < -0.39 is 0 Å². The van der Waals surface area contributed by atoms with Crippen molar-refractivity contribution in [3.63, 3.8) is 0 Å². The fourth-order valence-electron chi connectivity index (χ4n) is 2.56. The summed E-state index contributed by atoms with van der Waals surface area (Å²) in [6.07, 6.45) is 3.83. The summed E-state index contributed by atoms with van der Waals surface area (Å²) in [7, 11) is 0. The Morgan fingerprint density at radius 1 is 1.31 bits per heavy atom. The lowest BCUT2D eigenvalue weighted by Gasteiger charge is -2.34. The smallest absolute Gasteiger partial charge is 0.0204 e. The van der Waals surface area contributed by atoms with Gasteiger partial charge < -0.3 is 5.32 Å². The highest BCUT2D eigenvalue weighted by molar-refractivity contribution is 9.11. The molecule has 92 valence electrons. The van der Waals surface area contributed by atoms with Crippen molar-refractivity contribution in [1.29, 1.82) is 0 Å². The Hall–Kier alpha value is 0.140. The maximum absolute atomic E-state index is 3.79. The van der Waals surface area contributed by atoms with E-state index in [0.29, 0.717) is 5.41 Å². The van der Waals surface area contributed by atoms with Crippen LogP contribution < -0.4 is 5.32 Å². The van der Waals surface area contributed by atoms with E-state index in [1.807, 2.05) is 0 Å². The Bertz CT molecular complexity index is 278. The summed E-state index contributed by atoms with van der Waals surface area (Å²) in [5.74, 6) is 0. The first-order chi connectivity index (χ1) is 7.57. The number of nitrogens with zero attached hydrogens (tertiary/aromatic N) is 1. The van der Waals surface area contributed by atoms with Crippen LogP contribution in [0.25, 0.3) is 0 Å². The van der Waals surface area contributed by atoms with E-state index in [-0.39, 0.29) is 0 Å². The van der Waals surface area contributed by atoms with Gasteiger partial charge in [0.25, 0.3) is 0 Å². The first-order valence-corrected chi connectivity index (χ1v) is 7.16. The fourth-order valence-corrected chi connectivity index (χ4v) is 3.65. The highest BCUT2D eigenvalue weighted by Gasteiger charge is 2.26. The molecule has 3 heteroatoms. The van der Waals surface area contributed by atoms with Gasteiger partial charge in [0, 0.05) is 32.7 Å². The third-order valence-electron chi connectivity index (χ3n) is 3.75. The molecule has 0 bridgehead atoms. The zero-order valence-corrected chi connectivity index (χ0v) is 12.1. The summed E-state index contributed by atoms with van der Waals surface area (Å²) in [6, 6.07) is 0. The van der Waals surface area contributed by atoms with Gasteiger partial charge in [-0.1, -0.05) is 29.8 Å². The van der Waals surface area contributed by atoms with Gasteiger partial charge in [0.05, 0.1) is 0 Å². The second kappa shape index (κ2) is 5.19. The van der Waals surface area contributed by atoms with Gasteiger partial charge in [0.2, 0.25) is 0 Å². The molecular weight excluding hydrogens is 264 g/mol. The van der Waals surface area contributed by atoms with Gasteiger partial charge in [0.15, 0.2) is 0 Å². The molecule has 16 heavy (non-hydrogen) atoms. The summed E-state index contributed by atoms with van der Waals surface area (Å²) in [4.78, 5) is 2.57. The highest BCUT2D eigenvalue weighted by atomic mass is 79.9. The van der Waals surface area contributed by atoms with E-state index in [9.17, 15) is 0 Å². The first kappa shape index (κ1) is 12.6. The number of nitrogens with one attached hydrogen (secondary N) is 1. The number of halogens is 1. The number of rotatable bonds is 2. The normalized spacial score (nSPS) is 27.2. The summed E-state index contributed by atoms with van der Waals surface area (Å²) in [5.41, 5.74) is 2.13. The third kappa shape index (κ3) is 3.31. The number of piperazine rings is 1. The van der Waals surface area contributed by atoms with Crippen molar-refractivity contribution in [3.05, 3.63) is 10.1 Å². The molecule has 0 unspecified atom stereocenters. The van der Waals surface area contributed by atoms with Crippen LogP contribution in [0.3, 0.4) is 0 Å². The number of hydrogen-bond acceptors (Lipinski definition) is 2. The highest BCUT2D eigenvalue weighted by Crippen LogP contribution is 2.41. The Balaban J connectivity index is 1.93. The lowest BCUT2D eigenvalue weighted by atomic mass is 9.78. The zero-order chi connectivity index (χ0) is 11.6. The molecule has 0 aromatic heterocycles. The molecule has 0 spiro atoms. The molecule has 2 rings (SSSR count). The number of hydrogen-bond donors (Lipinski definition) is 1. The Morgan fingerprint density at radius 3 is 2.62 bits per heavy atom. The van der Waals surface area contributed by atoms with E-state index in [2.05, 4.69) is 40.0 Å². The Morgan fingerprint density at radius 2 is 2.00 bits per heavy atom. The van der Waals surface area contributed by atoms with Crippen LogP contribution in [0, 0.1) is 5.41 Å². The van der Waals surface area contributed by atoms with Gasteiger partial charge in [0.1, 0.15) is 0 Å². The summed E-state index contributed by atoms with van der Waals surface area (Å²) in [6.45, 7) is 10.6. The molecule has 1 aliphatic carbocycles. The van der Waals surface area contributed by atoms with Crippen LogP contribution in [-0.2, 0) is 0 Å². The quantitative estimate of drug-likeness (QED) is 0.840. The maximum atomic E-state index is 3.79. The van der Waals surface area contributed by atoms with Crippen molar-refractivity contribution < 1.29 is 0 Å². The van der Waals surface area contributed by atoms with Crippen LogP contribution in [0.4, 0.5) is 0 Å². The first-order valence-electron chi connectivity index (χ1n) is 6.36. The van der Waals surface area contributed by atoms with Crippen LogP contribution >= 0.6 is 15.9 Å². The summed E-state index contributed by atoms with van der Waals surface area (Å²) >= 11 is 3.79. The summed E-state index contributed by atoms with van der Waals surface area (Å²) in [5, 5.41) is 3.41. The van der Waals surface area contributed by atoms with E-state index >= 15 is 0 Å². The van der Waals surface area contributed by atoms with Crippen LogP contribution in [-0.4, -0.2) is 37.6 Å². The molecule has 0 radical (unpaired) electrons. The minimum atomic E-state index is 0.492. The molecule has 0 amide bonds. The fraction of sp³-hybridized carbons (Fsp3) is 0.846. The molecule has 0 saturated carbocycles. The van der Waals surface area contributed by atoms with Crippen LogP contribution in [0.15, 0.2) is 10.1 Å². The SMILES string of the molecule is CC1(C)CCC(CN2CCNCC2)=C(Br)C1. The second-order valence-corrected chi connectivity index (χ2v) is 6.83. The molecule has 0 atom stereocenters. The van der Waals surface area contributed by atoms with Crippen molar-refractivity contribution in [2.45, 2.75) is 33.1 Å². The Kier molecular flexibility index (Phi) is 4.09. The van der Waals surface area contributed by atoms with E-state index in [1.165, 1.54) is 43.4 Å². The molecule has 1 heterocycles. The van der Waals surface area contributed by atoms with E-state index in [0.717, 1.165) is 13.1 Å². The maximum Gasteiger partial charge on any atom is 0.0204 e. The monoisotopic (exact) mass is 286 g/mol. The molecule has 2 nitrogen and oxygen atoms in total. The lowest BCUT2D eigenvalue weighted by Crippen LogP contribution is -2.44. The van der Waals surface area contributed by atoms with Gasteiger partial charge >= 0.3 is 0 Å². The molecule has 1 N–H and O–H groups in total. The second-order valence-electron chi connectivity index (χ2n) is 5.88. The third-order valence-corrected chi connectivity index (χ3v) is 4.59. The molecular formula is C13H23BrN2. The summed E-state index contributed by atoms with van der Waals surface area (Å²) < 4.78 is 1.47. The molecule has 2 aliphatic rings.